The van der Waals surface area contributed by atoms with Gasteiger partial charge < -0.3 is 15.2 Å². The van der Waals surface area contributed by atoms with Crippen molar-refractivity contribution in [1.82, 2.24) is 5.32 Å². The molecular formula is C20H23NO4. The Morgan fingerprint density at radius 1 is 1.04 bits per heavy atom. The zero-order valence-corrected chi connectivity index (χ0v) is 14.3. The quantitative estimate of drug-likeness (QED) is 0.688. The van der Waals surface area contributed by atoms with Gasteiger partial charge in [0.25, 0.3) is 0 Å². The van der Waals surface area contributed by atoms with Gasteiger partial charge in [-0.1, -0.05) is 60.7 Å². The van der Waals surface area contributed by atoms with E-state index in [1.165, 1.54) is 0 Å². The lowest BCUT2D eigenvalue weighted by Gasteiger charge is -2.25. The van der Waals surface area contributed by atoms with E-state index in [0.29, 0.717) is 12.2 Å². The van der Waals surface area contributed by atoms with Crippen molar-refractivity contribution in [2.24, 2.45) is 0 Å². The topological polar surface area (TPSA) is 75.6 Å². The molecule has 25 heavy (non-hydrogen) atoms. The van der Waals surface area contributed by atoms with Crippen LogP contribution in [0.25, 0.3) is 0 Å². The maximum absolute atomic E-state index is 12.0. The van der Waals surface area contributed by atoms with Crippen molar-refractivity contribution in [3.63, 3.8) is 0 Å². The fraction of sp³-hybridized carbons (Fsp3) is 0.300. The summed E-state index contributed by atoms with van der Waals surface area (Å²) >= 11 is 0. The number of amides is 1. The Bertz CT molecular complexity index is 687. The van der Waals surface area contributed by atoms with Gasteiger partial charge in [-0.05, 0) is 18.1 Å². The number of nitrogens with one attached hydrogen (secondary N) is 1. The third kappa shape index (κ3) is 5.43. The van der Waals surface area contributed by atoms with Crippen LogP contribution in [0.5, 0.6) is 0 Å². The summed E-state index contributed by atoms with van der Waals surface area (Å²) in [6.45, 7) is 2.38. The first-order valence-electron chi connectivity index (χ1n) is 8.19. The number of carbonyl (C=O) groups is 2. The minimum atomic E-state index is -1.16. The molecule has 1 unspecified atom stereocenters. The standard InChI is InChI=1S/C20H23NO4/c1-20(19(23)24,17-10-6-3-7-11-17)15-21-18(22)12-13-25-14-16-8-4-2-5-9-16/h2-11H,12-15H2,1H3,(H,21,22)(H,23,24). The van der Waals surface area contributed by atoms with E-state index in [4.69, 9.17) is 4.74 Å². The Morgan fingerprint density at radius 3 is 2.24 bits per heavy atom. The molecule has 0 fully saturated rings. The van der Waals surface area contributed by atoms with Crippen LogP contribution in [-0.2, 0) is 26.3 Å². The Labute approximate surface area is 147 Å². The largest absolute Gasteiger partial charge is 0.481 e. The van der Waals surface area contributed by atoms with E-state index in [1.54, 1.807) is 31.2 Å². The fourth-order valence-corrected chi connectivity index (χ4v) is 2.40. The molecule has 132 valence electrons. The first kappa shape index (κ1) is 18.7. The van der Waals surface area contributed by atoms with Crippen LogP contribution < -0.4 is 5.32 Å². The minimum Gasteiger partial charge on any atom is -0.481 e. The second-order valence-corrected chi connectivity index (χ2v) is 6.07. The van der Waals surface area contributed by atoms with Gasteiger partial charge in [-0.3, -0.25) is 9.59 Å². The highest BCUT2D eigenvalue weighted by molar-refractivity contribution is 5.83. The van der Waals surface area contributed by atoms with Gasteiger partial charge in [0.1, 0.15) is 5.41 Å². The number of rotatable bonds is 9. The van der Waals surface area contributed by atoms with E-state index in [-0.39, 0.29) is 25.5 Å². The molecule has 0 bridgehead atoms. The number of carboxylic acid groups (broad SMARTS) is 1. The fourth-order valence-electron chi connectivity index (χ4n) is 2.40. The molecule has 0 saturated heterocycles. The molecule has 0 spiro atoms. The van der Waals surface area contributed by atoms with Crippen LogP contribution in [0.2, 0.25) is 0 Å². The number of benzene rings is 2. The molecule has 1 amide bonds. The van der Waals surface area contributed by atoms with Crippen molar-refractivity contribution in [2.45, 2.75) is 25.4 Å². The van der Waals surface area contributed by atoms with E-state index >= 15 is 0 Å². The van der Waals surface area contributed by atoms with Crippen LogP contribution >= 0.6 is 0 Å². The average Bonchev–Trinajstić information content (AvgIpc) is 2.64. The number of hydrogen-bond acceptors (Lipinski definition) is 3. The molecule has 2 aromatic carbocycles. The summed E-state index contributed by atoms with van der Waals surface area (Å²) in [6.07, 6.45) is 0.192. The lowest BCUT2D eigenvalue weighted by atomic mass is 9.82. The summed E-state index contributed by atoms with van der Waals surface area (Å²) in [5, 5.41) is 12.3. The number of ether oxygens (including phenoxy) is 1. The zero-order chi connectivity index (χ0) is 18.1. The molecule has 0 aliphatic rings. The highest BCUT2D eigenvalue weighted by Crippen LogP contribution is 2.23. The molecular weight excluding hydrogens is 318 g/mol. The van der Waals surface area contributed by atoms with Gasteiger partial charge in [-0.2, -0.15) is 0 Å². The smallest absolute Gasteiger partial charge is 0.315 e. The van der Waals surface area contributed by atoms with Crippen LogP contribution in [0.4, 0.5) is 0 Å². The highest BCUT2D eigenvalue weighted by atomic mass is 16.5. The van der Waals surface area contributed by atoms with Crippen molar-refractivity contribution < 1.29 is 19.4 Å². The summed E-state index contributed by atoms with van der Waals surface area (Å²) < 4.78 is 5.48. The predicted molar refractivity (Wildman–Crippen MR) is 95.2 cm³/mol. The van der Waals surface area contributed by atoms with Gasteiger partial charge >= 0.3 is 5.97 Å². The molecule has 5 heteroatoms. The maximum atomic E-state index is 12.0. The van der Waals surface area contributed by atoms with E-state index in [1.807, 2.05) is 36.4 Å². The lowest BCUT2D eigenvalue weighted by molar-refractivity contribution is -0.143. The van der Waals surface area contributed by atoms with Crippen molar-refractivity contribution >= 4 is 11.9 Å². The normalized spacial score (nSPS) is 13.0. The Morgan fingerprint density at radius 2 is 1.64 bits per heavy atom. The highest BCUT2D eigenvalue weighted by Gasteiger charge is 2.35. The van der Waals surface area contributed by atoms with Gasteiger partial charge in [-0.15, -0.1) is 0 Å². The molecule has 0 heterocycles. The Kier molecular flexibility index (Phi) is 6.71. The molecule has 0 aliphatic carbocycles. The van der Waals surface area contributed by atoms with Crippen molar-refractivity contribution in [3.05, 3.63) is 71.8 Å². The Balaban J connectivity index is 1.78. The molecule has 1 atom stereocenters. The van der Waals surface area contributed by atoms with Crippen LogP contribution in [0.1, 0.15) is 24.5 Å². The van der Waals surface area contributed by atoms with Gasteiger partial charge in [0.15, 0.2) is 0 Å². The van der Waals surface area contributed by atoms with E-state index in [0.717, 1.165) is 5.56 Å². The van der Waals surface area contributed by atoms with Crippen molar-refractivity contribution in [1.29, 1.82) is 0 Å². The second-order valence-electron chi connectivity index (χ2n) is 6.07. The number of hydrogen-bond donors (Lipinski definition) is 2. The van der Waals surface area contributed by atoms with E-state index in [2.05, 4.69) is 5.32 Å². The average molecular weight is 341 g/mol. The molecule has 5 nitrogen and oxygen atoms in total. The molecule has 0 saturated carbocycles. The van der Waals surface area contributed by atoms with Gasteiger partial charge in [0.2, 0.25) is 5.91 Å². The molecule has 0 aromatic heterocycles. The third-order valence-corrected chi connectivity index (χ3v) is 4.11. The summed E-state index contributed by atoms with van der Waals surface area (Å²) in [5.74, 6) is -1.20. The molecule has 2 aromatic rings. The lowest BCUT2D eigenvalue weighted by Crippen LogP contribution is -2.44. The van der Waals surface area contributed by atoms with Crippen LogP contribution in [-0.4, -0.2) is 30.1 Å². The molecule has 0 radical (unpaired) electrons. The van der Waals surface area contributed by atoms with Gasteiger partial charge in [-0.25, -0.2) is 0 Å². The third-order valence-electron chi connectivity index (χ3n) is 4.11. The zero-order valence-electron chi connectivity index (χ0n) is 14.3. The summed E-state index contributed by atoms with van der Waals surface area (Å²) in [6, 6.07) is 18.6. The van der Waals surface area contributed by atoms with Crippen LogP contribution in [0.15, 0.2) is 60.7 Å². The van der Waals surface area contributed by atoms with Gasteiger partial charge in [0, 0.05) is 13.0 Å². The van der Waals surface area contributed by atoms with Crippen LogP contribution in [0, 0.1) is 0 Å². The predicted octanol–water partition coefficient (Wildman–Crippen LogP) is 2.75. The first-order chi connectivity index (χ1) is 12.0. The summed E-state index contributed by atoms with van der Waals surface area (Å²) in [5.41, 5.74) is 0.538. The van der Waals surface area contributed by atoms with E-state index in [9.17, 15) is 14.7 Å². The van der Waals surface area contributed by atoms with Crippen LogP contribution in [0.3, 0.4) is 0 Å². The summed E-state index contributed by atoms with van der Waals surface area (Å²) in [4.78, 5) is 23.6. The molecule has 0 aliphatic heterocycles. The van der Waals surface area contributed by atoms with Crippen molar-refractivity contribution in [2.75, 3.05) is 13.2 Å². The minimum absolute atomic E-state index is 0.0316. The Hall–Kier alpha value is -2.66. The molecule has 2 rings (SSSR count). The van der Waals surface area contributed by atoms with E-state index < -0.39 is 11.4 Å². The summed E-state index contributed by atoms with van der Waals surface area (Å²) in [7, 11) is 0. The number of carbonyl (C=O) groups excluding carboxylic acids is 1. The second kappa shape index (κ2) is 8.99. The monoisotopic (exact) mass is 341 g/mol. The van der Waals surface area contributed by atoms with Gasteiger partial charge in [0.05, 0.1) is 13.2 Å². The molecule has 2 N–H and O–H groups in total. The maximum Gasteiger partial charge on any atom is 0.315 e. The van der Waals surface area contributed by atoms with Crippen molar-refractivity contribution in [3.8, 4) is 0 Å². The first-order valence-corrected chi connectivity index (χ1v) is 8.19. The number of aliphatic carboxylic acids is 1. The SMILES string of the molecule is CC(CNC(=O)CCOCc1ccccc1)(C(=O)O)c1ccccc1. The number of carboxylic acids is 1.